The summed E-state index contributed by atoms with van der Waals surface area (Å²) in [6.45, 7) is 0. The lowest BCUT2D eigenvalue weighted by atomic mass is 9.71. The molecule has 15 heavy (non-hydrogen) atoms. The maximum absolute atomic E-state index is 11.0. The molecule has 0 saturated heterocycles. The van der Waals surface area contributed by atoms with E-state index in [1.807, 2.05) is 0 Å². The zero-order valence-electron chi connectivity index (χ0n) is 7.87. The predicted molar refractivity (Wildman–Crippen MR) is 55.5 cm³/mol. The zero-order valence-corrected chi connectivity index (χ0v) is 8.62. The molecule has 0 radical (unpaired) electrons. The molecule has 1 aliphatic carbocycles. The van der Waals surface area contributed by atoms with Gasteiger partial charge in [-0.05, 0) is 17.7 Å². The van der Waals surface area contributed by atoms with Crippen molar-refractivity contribution >= 4 is 23.5 Å². The van der Waals surface area contributed by atoms with E-state index in [9.17, 15) is 9.59 Å². The second-order valence-electron chi connectivity index (χ2n) is 3.63. The van der Waals surface area contributed by atoms with Crippen LogP contribution in [0.2, 0.25) is 5.02 Å². The van der Waals surface area contributed by atoms with Crippen molar-refractivity contribution in [2.45, 2.75) is 18.4 Å². The van der Waals surface area contributed by atoms with Gasteiger partial charge in [0.1, 0.15) is 11.3 Å². The lowest BCUT2D eigenvalue weighted by Gasteiger charge is -2.35. The topological polar surface area (TPSA) is 46.5 Å². The van der Waals surface area contributed by atoms with E-state index in [-0.39, 0.29) is 18.6 Å². The summed E-state index contributed by atoms with van der Waals surface area (Å²) < 4.78 is 0. The minimum atomic E-state index is -0.677. The molecule has 0 bridgehead atoms. The normalized spacial score (nSPS) is 17.8. The summed E-state index contributed by atoms with van der Waals surface area (Å²) in [5.74, 6) is 0.115. The maximum Gasteiger partial charge on any atom is 0.235 e. The van der Waals surface area contributed by atoms with Crippen molar-refractivity contribution in [3.63, 3.8) is 0 Å². The van der Waals surface area contributed by atoms with Gasteiger partial charge in [0, 0.05) is 17.9 Å². The average molecular weight is 222 g/mol. The van der Waals surface area contributed by atoms with Crippen molar-refractivity contribution < 1.29 is 9.59 Å². The molecule has 0 amide bonds. The van der Waals surface area contributed by atoms with E-state index < -0.39 is 5.54 Å². The quantitative estimate of drug-likeness (QED) is 0.568. The van der Waals surface area contributed by atoms with Crippen molar-refractivity contribution in [1.82, 2.24) is 0 Å². The molecule has 2 rings (SSSR count). The van der Waals surface area contributed by atoms with E-state index in [0.29, 0.717) is 5.02 Å². The molecule has 76 valence electrons. The molecule has 0 spiro atoms. The van der Waals surface area contributed by atoms with Gasteiger partial charge < -0.3 is 0 Å². The van der Waals surface area contributed by atoms with E-state index in [1.54, 1.807) is 24.3 Å². The highest BCUT2D eigenvalue weighted by molar-refractivity contribution is 6.30. The zero-order chi connectivity index (χ0) is 10.9. The average Bonchev–Trinajstić information content (AvgIpc) is 2.16. The van der Waals surface area contributed by atoms with Crippen LogP contribution in [-0.4, -0.2) is 11.9 Å². The molecule has 1 saturated carbocycles. The SMILES string of the molecule is O=C=NC1(c2ccc(Cl)cc2)CC(=O)C1. The van der Waals surface area contributed by atoms with Crippen LogP contribution in [0.15, 0.2) is 29.3 Å². The Balaban J connectivity index is 2.38. The number of hydrogen-bond donors (Lipinski definition) is 0. The first kappa shape index (κ1) is 10.1. The van der Waals surface area contributed by atoms with Gasteiger partial charge in [0.05, 0.1) is 0 Å². The Morgan fingerprint density at radius 3 is 2.33 bits per heavy atom. The van der Waals surface area contributed by atoms with Gasteiger partial charge in [0.25, 0.3) is 0 Å². The van der Waals surface area contributed by atoms with E-state index in [4.69, 9.17) is 11.6 Å². The lowest BCUT2D eigenvalue weighted by Crippen LogP contribution is -2.39. The Labute approximate surface area is 91.8 Å². The summed E-state index contributed by atoms with van der Waals surface area (Å²) in [7, 11) is 0. The van der Waals surface area contributed by atoms with E-state index in [1.165, 1.54) is 6.08 Å². The van der Waals surface area contributed by atoms with Crippen LogP contribution in [0.4, 0.5) is 0 Å². The number of isocyanates is 1. The van der Waals surface area contributed by atoms with Gasteiger partial charge in [-0.3, -0.25) is 4.79 Å². The van der Waals surface area contributed by atoms with Crippen molar-refractivity contribution in [2.24, 2.45) is 4.99 Å². The number of Topliss-reactive ketones (excluding diaryl/α,β-unsaturated/α-hetero) is 1. The summed E-state index contributed by atoms with van der Waals surface area (Å²) in [5.41, 5.74) is 0.165. The molecule has 4 heteroatoms. The smallest absolute Gasteiger partial charge is 0.235 e. The summed E-state index contributed by atoms with van der Waals surface area (Å²) in [6, 6.07) is 7.02. The third kappa shape index (κ3) is 1.72. The number of ketones is 1. The summed E-state index contributed by atoms with van der Waals surface area (Å²) in [5, 5.41) is 0.620. The number of carbonyl (C=O) groups excluding carboxylic acids is 2. The second kappa shape index (κ2) is 3.61. The highest BCUT2D eigenvalue weighted by Crippen LogP contribution is 2.42. The third-order valence-corrected chi connectivity index (χ3v) is 2.87. The minimum absolute atomic E-state index is 0.115. The monoisotopic (exact) mass is 221 g/mol. The highest BCUT2D eigenvalue weighted by Gasteiger charge is 2.45. The summed E-state index contributed by atoms with van der Waals surface area (Å²) in [4.78, 5) is 25.1. The van der Waals surface area contributed by atoms with Crippen LogP contribution in [0.5, 0.6) is 0 Å². The molecule has 1 aliphatic rings. The van der Waals surface area contributed by atoms with E-state index >= 15 is 0 Å². The van der Waals surface area contributed by atoms with Crippen LogP contribution in [0, 0.1) is 0 Å². The number of carbonyl (C=O) groups is 1. The molecule has 1 fully saturated rings. The Kier molecular flexibility index (Phi) is 2.43. The molecule has 1 aromatic carbocycles. The summed E-state index contributed by atoms with van der Waals surface area (Å²) >= 11 is 5.75. The van der Waals surface area contributed by atoms with Gasteiger partial charge in [-0.15, -0.1) is 0 Å². The third-order valence-electron chi connectivity index (χ3n) is 2.62. The van der Waals surface area contributed by atoms with Crippen LogP contribution in [0.1, 0.15) is 18.4 Å². The van der Waals surface area contributed by atoms with Crippen LogP contribution >= 0.6 is 11.6 Å². The maximum atomic E-state index is 11.0. The molecule has 0 heterocycles. The second-order valence-corrected chi connectivity index (χ2v) is 4.07. The fraction of sp³-hybridized carbons (Fsp3) is 0.273. The number of aliphatic imine (C=N–C) groups is 1. The van der Waals surface area contributed by atoms with Crippen LogP contribution in [-0.2, 0) is 15.1 Å². The number of rotatable bonds is 2. The standard InChI is InChI=1S/C11H8ClNO2/c12-9-3-1-8(2-4-9)11(13-7-14)5-10(15)6-11/h1-4H,5-6H2. The van der Waals surface area contributed by atoms with Crippen molar-refractivity contribution in [3.8, 4) is 0 Å². The molecule has 0 aliphatic heterocycles. The molecular weight excluding hydrogens is 214 g/mol. The lowest BCUT2D eigenvalue weighted by molar-refractivity contribution is -0.128. The van der Waals surface area contributed by atoms with Crippen molar-refractivity contribution in [3.05, 3.63) is 34.9 Å². The molecule has 1 aromatic rings. The van der Waals surface area contributed by atoms with Crippen LogP contribution in [0.3, 0.4) is 0 Å². The van der Waals surface area contributed by atoms with Gasteiger partial charge in [0.15, 0.2) is 0 Å². The number of hydrogen-bond acceptors (Lipinski definition) is 3. The Hall–Kier alpha value is -1.44. The molecule has 0 aromatic heterocycles. The van der Waals surface area contributed by atoms with Crippen LogP contribution in [0.25, 0.3) is 0 Å². The largest absolute Gasteiger partial charge is 0.299 e. The summed E-state index contributed by atoms with van der Waals surface area (Å²) in [6.07, 6.45) is 2.10. The van der Waals surface area contributed by atoms with E-state index in [0.717, 1.165) is 5.56 Å². The molecule has 0 atom stereocenters. The van der Waals surface area contributed by atoms with Gasteiger partial charge in [0.2, 0.25) is 6.08 Å². The fourth-order valence-corrected chi connectivity index (χ4v) is 1.92. The first-order valence-electron chi connectivity index (χ1n) is 4.53. The van der Waals surface area contributed by atoms with E-state index in [2.05, 4.69) is 4.99 Å². The highest BCUT2D eigenvalue weighted by atomic mass is 35.5. The van der Waals surface area contributed by atoms with Crippen LogP contribution < -0.4 is 0 Å². The Morgan fingerprint density at radius 1 is 1.27 bits per heavy atom. The van der Waals surface area contributed by atoms with Crippen molar-refractivity contribution in [2.75, 3.05) is 0 Å². The van der Waals surface area contributed by atoms with Gasteiger partial charge >= 0.3 is 0 Å². The Bertz CT molecular complexity index is 438. The van der Waals surface area contributed by atoms with Gasteiger partial charge in [-0.2, -0.15) is 4.99 Å². The molecule has 0 unspecified atom stereocenters. The number of benzene rings is 1. The predicted octanol–water partition coefficient (Wildman–Crippen LogP) is 2.23. The van der Waals surface area contributed by atoms with Gasteiger partial charge in [-0.25, -0.2) is 4.79 Å². The van der Waals surface area contributed by atoms with Gasteiger partial charge in [-0.1, -0.05) is 23.7 Å². The first-order valence-corrected chi connectivity index (χ1v) is 4.91. The number of halogens is 1. The molecule has 3 nitrogen and oxygen atoms in total. The van der Waals surface area contributed by atoms with Crippen molar-refractivity contribution in [1.29, 1.82) is 0 Å². The molecule has 0 N–H and O–H groups in total. The fourth-order valence-electron chi connectivity index (χ4n) is 1.80. The molecular formula is C11H8ClNO2. The first-order chi connectivity index (χ1) is 7.16. The Morgan fingerprint density at radius 2 is 1.87 bits per heavy atom. The number of nitrogens with zero attached hydrogens (tertiary/aromatic N) is 1. The minimum Gasteiger partial charge on any atom is -0.299 e.